The minimum atomic E-state index is -0.926. The molecule has 0 aliphatic rings. The van der Waals surface area contributed by atoms with Crippen LogP contribution in [0.15, 0.2) is 9.95 Å². The summed E-state index contributed by atoms with van der Waals surface area (Å²) < 4.78 is 1.53. The highest BCUT2D eigenvalue weighted by molar-refractivity contribution is 7.99. The Bertz CT molecular complexity index is 450. The number of nitrogens with one attached hydrogen (secondary N) is 1. The molecule has 1 aromatic heterocycles. The number of hydrogen-bond donors (Lipinski definition) is 2. The number of aromatic amines is 1. The molecule has 0 bridgehead atoms. The number of hydrogen-bond acceptors (Lipinski definition) is 4. The first-order valence-corrected chi connectivity index (χ1v) is 6.39. The van der Waals surface area contributed by atoms with E-state index < -0.39 is 5.97 Å². The van der Waals surface area contributed by atoms with Gasteiger partial charge in [-0.2, -0.15) is 0 Å². The summed E-state index contributed by atoms with van der Waals surface area (Å²) in [6, 6.07) is 0. The maximum Gasteiger partial charge on any atom is 0.344 e. The van der Waals surface area contributed by atoms with Crippen LogP contribution in [0.2, 0.25) is 0 Å². The van der Waals surface area contributed by atoms with Crippen molar-refractivity contribution in [3.8, 4) is 0 Å². The van der Waals surface area contributed by atoms with E-state index in [1.807, 2.05) is 20.8 Å². The molecule has 0 radical (unpaired) electrons. The fourth-order valence-electron chi connectivity index (χ4n) is 1.76. The lowest BCUT2D eigenvalue weighted by Gasteiger charge is -2.25. The molecule has 0 saturated carbocycles. The van der Waals surface area contributed by atoms with Crippen LogP contribution >= 0.6 is 11.8 Å². The number of carboxylic acids is 1. The zero-order valence-electron chi connectivity index (χ0n) is 10.2. The molecule has 2 N–H and O–H groups in total. The van der Waals surface area contributed by atoms with Crippen molar-refractivity contribution in [1.29, 1.82) is 0 Å². The normalized spacial score (nSPS) is 11.7. The fourth-order valence-corrected chi connectivity index (χ4v) is 2.58. The minimum Gasteiger partial charge on any atom is -0.481 e. The Labute approximate surface area is 103 Å². The van der Waals surface area contributed by atoms with Gasteiger partial charge in [0.1, 0.15) is 0 Å². The molecule has 0 unspecified atom stereocenters. The van der Waals surface area contributed by atoms with Gasteiger partial charge in [0.05, 0.1) is 5.75 Å². The zero-order chi connectivity index (χ0) is 13.1. The van der Waals surface area contributed by atoms with Crippen molar-refractivity contribution in [1.82, 2.24) is 14.8 Å². The summed E-state index contributed by atoms with van der Waals surface area (Å²) >= 11 is 1.05. The second-order valence-electron chi connectivity index (χ2n) is 4.39. The van der Waals surface area contributed by atoms with E-state index in [2.05, 4.69) is 10.2 Å². The quantitative estimate of drug-likeness (QED) is 0.751. The first-order valence-electron chi connectivity index (χ1n) is 5.41. The Morgan fingerprint density at radius 3 is 2.76 bits per heavy atom. The van der Waals surface area contributed by atoms with Crippen molar-refractivity contribution in [3.63, 3.8) is 0 Å². The summed E-state index contributed by atoms with van der Waals surface area (Å²) in [6.45, 7) is 5.92. The summed E-state index contributed by atoms with van der Waals surface area (Å²) in [6.07, 6.45) is 1.76. The van der Waals surface area contributed by atoms with Crippen LogP contribution in [0.4, 0.5) is 0 Å². The molecule has 0 spiro atoms. The van der Waals surface area contributed by atoms with Crippen LogP contribution in [-0.2, 0) is 10.3 Å². The van der Waals surface area contributed by atoms with E-state index in [9.17, 15) is 9.59 Å². The Hall–Kier alpha value is -1.24. The van der Waals surface area contributed by atoms with Crippen LogP contribution in [0.3, 0.4) is 0 Å². The number of H-pyrrole nitrogens is 1. The molecule has 96 valence electrons. The first kappa shape index (κ1) is 13.8. The Morgan fingerprint density at radius 1 is 1.59 bits per heavy atom. The standard InChI is InChI=1S/C10H17N3O3S/c1-4-5-10(2,3)13-8(16)11-12-9(13)17-6-7(14)15/h4-6H2,1-3H3,(H,11,16)(H,14,15). The Kier molecular flexibility index (Phi) is 4.39. The van der Waals surface area contributed by atoms with E-state index >= 15 is 0 Å². The number of thioether (sulfide) groups is 1. The predicted molar refractivity (Wildman–Crippen MR) is 65.4 cm³/mol. The van der Waals surface area contributed by atoms with Gasteiger partial charge in [-0.3, -0.25) is 9.36 Å². The average molecular weight is 259 g/mol. The van der Waals surface area contributed by atoms with E-state index in [0.717, 1.165) is 24.6 Å². The molecule has 0 saturated heterocycles. The number of aromatic nitrogens is 3. The lowest BCUT2D eigenvalue weighted by Crippen LogP contribution is -2.35. The number of carbonyl (C=O) groups is 1. The van der Waals surface area contributed by atoms with E-state index in [1.54, 1.807) is 0 Å². The second kappa shape index (κ2) is 5.39. The molecule has 0 amide bonds. The van der Waals surface area contributed by atoms with Gasteiger partial charge in [0.15, 0.2) is 5.16 Å². The van der Waals surface area contributed by atoms with Gasteiger partial charge in [-0.25, -0.2) is 9.89 Å². The highest BCUT2D eigenvalue weighted by atomic mass is 32.2. The predicted octanol–water partition coefficient (Wildman–Crippen LogP) is 1.28. The molecular weight excluding hydrogens is 242 g/mol. The molecule has 6 nitrogen and oxygen atoms in total. The molecule has 1 aromatic rings. The van der Waals surface area contributed by atoms with Crippen molar-refractivity contribution in [2.45, 2.75) is 44.3 Å². The molecule has 0 atom stereocenters. The van der Waals surface area contributed by atoms with Gasteiger partial charge in [0.2, 0.25) is 0 Å². The summed E-state index contributed by atoms with van der Waals surface area (Å²) in [7, 11) is 0. The van der Waals surface area contributed by atoms with Gasteiger partial charge < -0.3 is 5.11 Å². The van der Waals surface area contributed by atoms with Gasteiger partial charge in [-0.05, 0) is 20.3 Å². The lowest BCUT2D eigenvalue weighted by atomic mass is 9.99. The van der Waals surface area contributed by atoms with E-state index in [1.165, 1.54) is 4.57 Å². The van der Waals surface area contributed by atoms with Crippen LogP contribution < -0.4 is 5.69 Å². The van der Waals surface area contributed by atoms with Crippen molar-refractivity contribution >= 4 is 17.7 Å². The maximum absolute atomic E-state index is 11.7. The van der Waals surface area contributed by atoms with Crippen LogP contribution in [0.25, 0.3) is 0 Å². The molecule has 1 heterocycles. The lowest BCUT2D eigenvalue weighted by molar-refractivity contribution is -0.133. The molecule has 0 aliphatic carbocycles. The third-order valence-corrected chi connectivity index (χ3v) is 3.36. The van der Waals surface area contributed by atoms with Crippen molar-refractivity contribution in [2.24, 2.45) is 0 Å². The molecule has 0 aromatic carbocycles. The molecule has 7 heteroatoms. The van der Waals surface area contributed by atoms with E-state index in [-0.39, 0.29) is 17.0 Å². The third-order valence-electron chi connectivity index (χ3n) is 2.43. The van der Waals surface area contributed by atoms with Gasteiger partial charge in [-0.15, -0.1) is 5.10 Å². The van der Waals surface area contributed by atoms with Gasteiger partial charge >= 0.3 is 11.7 Å². The monoisotopic (exact) mass is 259 g/mol. The van der Waals surface area contributed by atoms with Gasteiger partial charge in [0, 0.05) is 5.54 Å². The molecule has 1 rings (SSSR count). The Balaban J connectivity index is 3.01. The summed E-state index contributed by atoms with van der Waals surface area (Å²) in [5, 5.41) is 15.3. The number of rotatable bonds is 6. The maximum atomic E-state index is 11.7. The van der Waals surface area contributed by atoms with Crippen LogP contribution in [0, 0.1) is 0 Å². The molecule has 0 aliphatic heterocycles. The number of nitrogens with zero attached hydrogens (tertiary/aromatic N) is 2. The van der Waals surface area contributed by atoms with Crippen molar-refractivity contribution in [2.75, 3.05) is 5.75 Å². The molecular formula is C10H17N3O3S. The molecule has 0 fully saturated rings. The topological polar surface area (TPSA) is 88.0 Å². The van der Waals surface area contributed by atoms with Crippen LogP contribution in [-0.4, -0.2) is 31.6 Å². The van der Waals surface area contributed by atoms with E-state index in [4.69, 9.17) is 5.11 Å². The first-order chi connectivity index (χ1) is 7.88. The average Bonchev–Trinajstić information content (AvgIpc) is 2.57. The zero-order valence-corrected chi connectivity index (χ0v) is 11.0. The second-order valence-corrected chi connectivity index (χ2v) is 5.33. The highest BCUT2D eigenvalue weighted by Gasteiger charge is 2.25. The number of aliphatic carboxylic acids is 1. The largest absolute Gasteiger partial charge is 0.481 e. The van der Waals surface area contributed by atoms with Crippen LogP contribution in [0.5, 0.6) is 0 Å². The minimum absolute atomic E-state index is 0.105. The SMILES string of the molecule is CCCC(C)(C)n1c(SCC(=O)O)n[nH]c1=O. The summed E-state index contributed by atoms with van der Waals surface area (Å²) in [5.74, 6) is -1.03. The van der Waals surface area contributed by atoms with Crippen molar-refractivity contribution in [3.05, 3.63) is 10.5 Å². The Morgan fingerprint density at radius 2 is 2.24 bits per heavy atom. The van der Waals surface area contributed by atoms with Gasteiger partial charge in [0.25, 0.3) is 0 Å². The highest BCUT2D eigenvalue weighted by Crippen LogP contribution is 2.25. The smallest absolute Gasteiger partial charge is 0.344 e. The fraction of sp³-hybridized carbons (Fsp3) is 0.700. The number of carboxylic acid groups (broad SMARTS) is 1. The summed E-state index contributed by atoms with van der Waals surface area (Å²) in [4.78, 5) is 22.2. The van der Waals surface area contributed by atoms with Crippen molar-refractivity contribution < 1.29 is 9.90 Å². The van der Waals surface area contributed by atoms with Gasteiger partial charge in [-0.1, -0.05) is 25.1 Å². The molecule has 17 heavy (non-hydrogen) atoms. The third kappa shape index (κ3) is 3.36. The van der Waals surface area contributed by atoms with E-state index in [0.29, 0.717) is 5.16 Å². The summed E-state index contributed by atoms with van der Waals surface area (Å²) in [5.41, 5.74) is -0.656. The van der Waals surface area contributed by atoms with Crippen LogP contribution in [0.1, 0.15) is 33.6 Å².